The molecule has 0 aliphatic carbocycles. The number of nitrogens with zero attached hydrogens (tertiary/aromatic N) is 3. The average Bonchev–Trinajstić information content (AvgIpc) is 2.06. The van der Waals surface area contributed by atoms with Crippen LogP contribution >= 0.6 is 0 Å². The number of carbonyl (C=O) groups is 1. The number of nitrogens with two attached hydrogens (primary N) is 1. The van der Waals surface area contributed by atoms with Crippen LogP contribution in [0.1, 0.15) is 12.8 Å². The van der Waals surface area contributed by atoms with Gasteiger partial charge in [-0.15, -0.1) is 0 Å². The number of azide groups is 1. The van der Waals surface area contributed by atoms with Crippen molar-refractivity contribution in [2.75, 3.05) is 6.54 Å². The normalized spacial score (nSPS) is 29.0. The molecule has 1 aliphatic heterocycles. The first kappa shape index (κ1) is 8.83. The molecule has 66 valence electrons. The van der Waals surface area contributed by atoms with Gasteiger partial charge in [0, 0.05) is 11.3 Å². The number of carboxylic acid groups (broad SMARTS) is 1. The van der Waals surface area contributed by atoms with Crippen LogP contribution in [0.4, 0.5) is 0 Å². The molecule has 6 nitrogen and oxygen atoms in total. The predicted molar refractivity (Wildman–Crippen MR) is 40.4 cm³/mol. The maximum Gasteiger partial charge on any atom is 0.362 e. The minimum atomic E-state index is -0.783. The van der Waals surface area contributed by atoms with E-state index in [1.165, 1.54) is 0 Å². The highest BCUT2D eigenvalue weighted by molar-refractivity contribution is 5.71. The lowest BCUT2D eigenvalue weighted by Crippen LogP contribution is -2.95. The fourth-order valence-corrected chi connectivity index (χ4v) is 1.33. The summed E-state index contributed by atoms with van der Waals surface area (Å²) in [6.45, 7) is 0.584. The highest BCUT2D eigenvalue weighted by atomic mass is 16.4. The summed E-state index contributed by atoms with van der Waals surface area (Å²) in [4.78, 5) is 13.2. The van der Waals surface area contributed by atoms with E-state index in [-0.39, 0.29) is 12.1 Å². The van der Waals surface area contributed by atoms with E-state index in [0.717, 1.165) is 0 Å². The SMILES string of the molecule is [N-]=[N+]=N[C@H]1CC[C@H](C(=O)O)[NH2+]C1. The quantitative estimate of drug-likeness (QED) is 0.331. The summed E-state index contributed by atoms with van der Waals surface area (Å²) in [7, 11) is 0. The second kappa shape index (κ2) is 3.94. The van der Waals surface area contributed by atoms with Crippen molar-refractivity contribution in [3.05, 3.63) is 10.4 Å². The molecule has 0 bridgehead atoms. The molecule has 0 aromatic rings. The van der Waals surface area contributed by atoms with Crippen molar-refractivity contribution in [3.8, 4) is 0 Å². The van der Waals surface area contributed by atoms with Crippen molar-refractivity contribution in [2.24, 2.45) is 5.11 Å². The van der Waals surface area contributed by atoms with Crippen molar-refractivity contribution in [3.63, 3.8) is 0 Å². The Labute approximate surface area is 69.2 Å². The van der Waals surface area contributed by atoms with Crippen LogP contribution in [0.15, 0.2) is 5.11 Å². The van der Waals surface area contributed by atoms with Crippen LogP contribution in [0, 0.1) is 0 Å². The fraction of sp³-hybridized carbons (Fsp3) is 0.833. The number of hydrogen-bond acceptors (Lipinski definition) is 2. The van der Waals surface area contributed by atoms with E-state index in [1.54, 1.807) is 5.32 Å². The van der Waals surface area contributed by atoms with E-state index in [4.69, 9.17) is 10.6 Å². The van der Waals surface area contributed by atoms with Gasteiger partial charge in [-0.3, -0.25) is 0 Å². The lowest BCUT2D eigenvalue weighted by Gasteiger charge is -2.20. The Morgan fingerprint density at radius 1 is 1.67 bits per heavy atom. The van der Waals surface area contributed by atoms with Crippen LogP contribution in [-0.4, -0.2) is 29.7 Å². The molecule has 0 saturated carbocycles. The van der Waals surface area contributed by atoms with E-state index in [2.05, 4.69) is 10.0 Å². The van der Waals surface area contributed by atoms with Gasteiger partial charge in [-0.2, -0.15) is 0 Å². The summed E-state index contributed by atoms with van der Waals surface area (Å²) >= 11 is 0. The number of aliphatic carboxylic acids is 1. The summed E-state index contributed by atoms with van der Waals surface area (Å²) in [5, 5.41) is 13.9. The van der Waals surface area contributed by atoms with Crippen LogP contribution in [0.25, 0.3) is 10.4 Å². The molecule has 1 rings (SSSR count). The molecular formula is C6H11N4O2+. The second-order valence-electron chi connectivity index (χ2n) is 2.85. The zero-order valence-corrected chi connectivity index (χ0v) is 6.55. The molecule has 0 aromatic heterocycles. The van der Waals surface area contributed by atoms with Gasteiger partial charge in [0.15, 0.2) is 6.04 Å². The lowest BCUT2D eigenvalue weighted by molar-refractivity contribution is -0.687. The number of hydrogen-bond donors (Lipinski definition) is 2. The highest BCUT2D eigenvalue weighted by Crippen LogP contribution is 2.06. The van der Waals surface area contributed by atoms with Crippen LogP contribution in [0.2, 0.25) is 0 Å². The molecule has 12 heavy (non-hydrogen) atoms. The molecule has 0 amide bonds. The summed E-state index contributed by atoms with van der Waals surface area (Å²) in [6.07, 6.45) is 1.26. The minimum Gasteiger partial charge on any atom is -0.477 e. The molecule has 0 spiro atoms. The number of rotatable bonds is 2. The Hall–Kier alpha value is -1.26. The second-order valence-corrected chi connectivity index (χ2v) is 2.85. The Balaban J connectivity index is 2.39. The Kier molecular flexibility index (Phi) is 2.90. The maximum atomic E-state index is 10.5. The first-order valence-electron chi connectivity index (χ1n) is 3.84. The van der Waals surface area contributed by atoms with Crippen molar-refractivity contribution < 1.29 is 15.2 Å². The fourth-order valence-electron chi connectivity index (χ4n) is 1.33. The topological polar surface area (TPSA) is 103 Å². The molecule has 1 saturated heterocycles. The van der Waals surface area contributed by atoms with Crippen molar-refractivity contribution in [1.29, 1.82) is 0 Å². The average molecular weight is 171 g/mol. The van der Waals surface area contributed by atoms with Gasteiger partial charge in [0.25, 0.3) is 0 Å². The standard InChI is InChI=1S/C6H10N4O2/c7-10-9-4-1-2-5(6(11)12)8-3-4/h4-5,8H,1-3H2,(H,11,12)/p+1/t4-,5+/m0/s1. The molecule has 6 heteroatoms. The smallest absolute Gasteiger partial charge is 0.362 e. The summed E-state index contributed by atoms with van der Waals surface area (Å²) in [6, 6.07) is -0.388. The molecule has 1 fully saturated rings. The third-order valence-electron chi connectivity index (χ3n) is 2.04. The van der Waals surface area contributed by atoms with E-state index in [9.17, 15) is 4.79 Å². The van der Waals surface area contributed by atoms with E-state index < -0.39 is 5.97 Å². The lowest BCUT2D eigenvalue weighted by atomic mass is 10.0. The molecule has 2 atom stereocenters. The van der Waals surface area contributed by atoms with Gasteiger partial charge in [0.2, 0.25) is 0 Å². The summed E-state index contributed by atoms with van der Waals surface area (Å²) in [5.74, 6) is -0.783. The van der Waals surface area contributed by atoms with Crippen LogP contribution in [0.3, 0.4) is 0 Å². The van der Waals surface area contributed by atoms with Crippen LogP contribution in [0.5, 0.6) is 0 Å². The number of piperidine rings is 1. The first-order chi connectivity index (χ1) is 5.74. The highest BCUT2D eigenvalue weighted by Gasteiger charge is 2.28. The third-order valence-corrected chi connectivity index (χ3v) is 2.04. The zero-order valence-electron chi connectivity index (χ0n) is 6.55. The Morgan fingerprint density at radius 3 is 2.83 bits per heavy atom. The summed E-state index contributed by atoms with van der Waals surface area (Å²) < 4.78 is 0. The molecule has 0 radical (unpaired) electrons. The largest absolute Gasteiger partial charge is 0.477 e. The van der Waals surface area contributed by atoms with Gasteiger partial charge in [-0.1, -0.05) is 5.11 Å². The predicted octanol–water partition coefficient (Wildman–Crippen LogP) is -0.524. The monoisotopic (exact) mass is 171 g/mol. The molecule has 0 aromatic carbocycles. The molecule has 1 heterocycles. The van der Waals surface area contributed by atoms with Gasteiger partial charge in [0.05, 0.1) is 12.6 Å². The third kappa shape index (κ3) is 2.11. The minimum absolute atomic E-state index is 0.0365. The van der Waals surface area contributed by atoms with Crippen LogP contribution in [-0.2, 0) is 4.79 Å². The van der Waals surface area contributed by atoms with Gasteiger partial charge in [0.1, 0.15) is 0 Å². The van der Waals surface area contributed by atoms with Gasteiger partial charge >= 0.3 is 5.97 Å². The van der Waals surface area contributed by atoms with E-state index >= 15 is 0 Å². The zero-order chi connectivity index (χ0) is 8.97. The molecular weight excluding hydrogens is 160 g/mol. The summed E-state index contributed by atoms with van der Waals surface area (Å²) in [5.41, 5.74) is 8.12. The van der Waals surface area contributed by atoms with Gasteiger partial charge in [-0.25, -0.2) is 4.79 Å². The first-order valence-corrected chi connectivity index (χ1v) is 3.84. The Bertz CT molecular complexity index is 206. The van der Waals surface area contributed by atoms with Crippen LogP contribution < -0.4 is 5.32 Å². The van der Waals surface area contributed by atoms with Gasteiger partial charge in [-0.05, 0) is 12.0 Å². The molecule has 3 N–H and O–H groups in total. The van der Waals surface area contributed by atoms with Crippen molar-refractivity contribution in [2.45, 2.75) is 24.9 Å². The van der Waals surface area contributed by atoms with Gasteiger partial charge < -0.3 is 10.4 Å². The molecule has 0 unspecified atom stereocenters. The number of carboxylic acids is 1. The maximum absolute atomic E-state index is 10.5. The van der Waals surface area contributed by atoms with Crippen molar-refractivity contribution >= 4 is 5.97 Å². The van der Waals surface area contributed by atoms with E-state index in [1.807, 2.05) is 0 Å². The number of quaternary nitrogens is 1. The van der Waals surface area contributed by atoms with E-state index in [0.29, 0.717) is 19.4 Å². The van der Waals surface area contributed by atoms with Crippen molar-refractivity contribution in [1.82, 2.24) is 0 Å². The molecule has 1 aliphatic rings. The Morgan fingerprint density at radius 2 is 2.42 bits per heavy atom.